The van der Waals surface area contributed by atoms with Gasteiger partial charge in [-0.1, -0.05) is 23.8 Å². The van der Waals surface area contributed by atoms with Crippen LogP contribution in [0, 0.1) is 24.7 Å². The Kier molecular flexibility index (Phi) is 6.55. The van der Waals surface area contributed by atoms with Crippen LogP contribution in [-0.2, 0) is 23.9 Å². The predicted octanol–water partition coefficient (Wildman–Crippen LogP) is 4.50. The highest BCUT2D eigenvalue weighted by molar-refractivity contribution is 9.12. The van der Waals surface area contributed by atoms with Gasteiger partial charge in [-0.05, 0) is 83.1 Å². The first-order chi connectivity index (χ1) is 20.2. The second kappa shape index (κ2) is 10.2. The molecule has 3 aliphatic carbocycles. The highest BCUT2D eigenvalue weighted by Gasteiger charge is 2.56. The molecule has 42 heavy (non-hydrogen) atoms. The molecule has 2 aliphatic heterocycles. The van der Waals surface area contributed by atoms with Gasteiger partial charge in [-0.25, -0.2) is 0 Å². The molecule has 2 aromatic rings. The summed E-state index contributed by atoms with van der Waals surface area (Å²) in [7, 11) is 0. The Balaban J connectivity index is 1.27. The number of aryl methyl sites for hydroxylation is 1. The van der Waals surface area contributed by atoms with Gasteiger partial charge >= 0.3 is 0 Å². The minimum atomic E-state index is -0.640. The zero-order valence-electron chi connectivity index (χ0n) is 23.0. The van der Waals surface area contributed by atoms with E-state index in [1.165, 1.54) is 11.0 Å². The number of hydrogen-bond acceptors (Lipinski definition) is 7. The largest absolute Gasteiger partial charge is 0.508 e. The van der Waals surface area contributed by atoms with E-state index in [0.717, 1.165) is 29.9 Å². The first-order valence-electron chi connectivity index (χ1n) is 14.2. The van der Waals surface area contributed by atoms with Crippen LogP contribution >= 0.6 is 15.9 Å². The minimum Gasteiger partial charge on any atom is -0.508 e. The molecule has 8 nitrogen and oxygen atoms in total. The second-order valence-corrected chi connectivity index (χ2v) is 12.4. The summed E-state index contributed by atoms with van der Waals surface area (Å²) < 4.78 is 5.64. The molecule has 2 fully saturated rings. The number of fused-ring (bicyclic) bond motifs is 3. The van der Waals surface area contributed by atoms with Crippen LogP contribution in [0.15, 0.2) is 75.8 Å². The number of nitrogens with zero attached hydrogens (tertiary/aromatic N) is 2. The Morgan fingerprint density at radius 1 is 0.929 bits per heavy atom. The van der Waals surface area contributed by atoms with Crippen molar-refractivity contribution in [2.24, 2.45) is 17.8 Å². The lowest BCUT2D eigenvalue weighted by atomic mass is 9.59. The number of allylic oxidation sites excluding steroid dienone is 6. The summed E-state index contributed by atoms with van der Waals surface area (Å²) in [6, 6.07) is 12.7. The van der Waals surface area contributed by atoms with Crippen molar-refractivity contribution in [1.29, 1.82) is 0 Å². The monoisotopic (exact) mass is 628 g/mol. The number of Topliss-reactive ketones (excluding diaryl/α,β-unsaturated/α-hetero) is 1. The van der Waals surface area contributed by atoms with Gasteiger partial charge in [0.2, 0.25) is 11.8 Å². The number of phenols is 1. The zero-order chi connectivity index (χ0) is 29.3. The summed E-state index contributed by atoms with van der Waals surface area (Å²) >= 11 is 3.26. The van der Waals surface area contributed by atoms with Crippen LogP contribution in [0.5, 0.6) is 5.75 Å². The maximum Gasteiger partial charge on any atom is 0.238 e. The lowest BCUT2D eigenvalue weighted by Gasteiger charge is -2.42. The number of anilines is 2. The average Bonchev–Trinajstić information content (AvgIpc) is 3.26. The number of benzene rings is 2. The molecule has 214 valence electrons. The van der Waals surface area contributed by atoms with Gasteiger partial charge < -0.3 is 14.7 Å². The molecule has 0 saturated carbocycles. The van der Waals surface area contributed by atoms with Gasteiger partial charge in [-0.15, -0.1) is 0 Å². The van der Waals surface area contributed by atoms with Crippen molar-refractivity contribution in [2.45, 2.75) is 25.7 Å². The molecule has 2 saturated heterocycles. The van der Waals surface area contributed by atoms with Gasteiger partial charge in [-0.3, -0.25) is 24.1 Å². The summed E-state index contributed by atoms with van der Waals surface area (Å²) in [6.07, 6.45) is 3.91. The number of halogens is 1. The molecule has 0 bridgehead atoms. The molecule has 9 heteroatoms. The lowest BCUT2D eigenvalue weighted by molar-refractivity contribution is -0.123. The van der Waals surface area contributed by atoms with E-state index < -0.39 is 23.7 Å². The van der Waals surface area contributed by atoms with Crippen LogP contribution in [0.1, 0.15) is 29.9 Å². The molecule has 2 heterocycles. The predicted molar refractivity (Wildman–Crippen MR) is 159 cm³/mol. The lowest BCUT2D eigenvalue weighted by Crippen LogP contribution is -2.39. The van der Waals surface area contributed by atoms with Gasteiger partial charge in [0.25, 0.3) is 0 Å². The Hall–Kier alpha value is -3.82. The number of carbonyl (C=O) groups is 4. The molecular formula is C33H29BrN2O6. The molecule has 0 aromatic heterocycles. The molecule has 4 unspecified atom stereocenters. The van der Waals surface area contributed by atoms with Crippen LogP contribution in [0.4, 0.5) is 11.4 Å². The van der Waals surface area contributed by atoms with Crippen molar-refractivity contribution < 1.29 is 29.0 Å². The minimum absolute atomic E-state index is 0.138. The highest BCUT2D eigenvalue weighted by atomic mass is 79.9. The third-order valence-corrected chi connectivity index (χ3v) is 9.96. The van der Waals surface area contributed by atoms with E-state index in [2.05, 4.69) is 20.8 Å². The molecule has 2 amide bonds. The van der Waals surface area contributed by atoms with E-state index >= 15 is 0 Å². The van der Waals surface area contributed by atoms with Gasteiger partial charge in [0.1, 0.15) is 5.75 Å². The van der Waals surface area contributed by atoms with Gasteiger partial charge in [0, 0.05) is 41.9 Å². The highest BCUT2D eigenvalue weighted by Crippen LogP contribution is 2.55. The number of phenolic OH excluding ortho intramolecular Hbond substituents is 1. The Bertz CT molecular complexity index is 1650. The summed E-state index contributed by atoms with van der Waals surface area (Å²) in [5.41, 5.74) is 4.67. The van der Waals surface area contributed by atoms with Crippen molar-refractivity contribution in [3.8, 4) is 5.75 Å². The topological polar surface area (TPSA) is 104 Å². The molecule has 4 atom stereocenters. The fraction of sp³-hybridized carbons (Fsp3) is 0.333. The molecule has 1 N–H and O–H groups in total. The van der Waals surface area contributed by atoms with Crippen molar-refractivity contribution in [2.75, 3.05) is 36.1 Å². The fourth-order valence-corrected chi connectivity index (χ4v) is 7.78. The standard InChI is InChI=1S/C33H29BrN2O6/c1-17-14-18(2-9-26(17)37)28-21-7-8-22-29(23(21)15-24-30(28)27(38)16-25(34)31(24)39)33(41)36(32(22)40)20-5-3-19(4-6-20)35-10-12-42-13-11-35/h2-7,9,14,16,22-23,28-29,37H,8,10-13,15H2,1H3. The average molecular weight is 630 g/mol. The number of morpholine rings is 1. The number of carbonyl (C=O) groups excluding carboxylic acids is 4. The van der Waals surface area contributed by atoms with E-state index in [4.69, 9.17) is 4.74 Å². The molecule has 5 aliphatic rings. The normalized spacial score (nSPS) is 27.5. The summed E-state index contributed by atoms with van der Waals surface area (Å²) in [5, 5.41) is 10.2. The van der Waals surface area contributed by atoms with E-state index in [1.807, 2.05) is 36.4 Å². The van der Waals surface area contributed by atoms with Crippen LogP contribution < -0.4 is 9.80 Å². The number of imide groups is 1. The van der Waals surface area contributed by atoms with Gasteiger partial charge in [0.05, 0.1) is 35.2 Å². The zero-order valence-corrected chi connectivity index (χ0v) is 24.6. The molecular weight excluding hydrogens is 600 g/mol. The number of rotatable bonds is 3. The van der Waals surface area contributed by atoms with Gasteiger partial charge in [0.15, 0.2) is 11.6 Å². The smallest absolute Gasteiger partial charge is 0.238 e. The number of ketones is 2. The maximum atomic E-state index is 14.1. The molecule has 7 rings (SSSR count). The number of amides is 2. The Morgan fingerprint density at radius 3 is 2.36 bits per heavy atom. The van der Waals surface area contributed by atoms with E-state index in [-0.39, 0.29) is 40.0 Å². The van der Waals surface area contributed by atoms with Crippen LogP contribution in [0.25, 0.3) is 0 Å². The molecule has 0 radical (unpaired) electrons. The first-order valence-corrected chi connectivity index (χ1v) is 15.0. The summed E-state index contributed by atoms with van der Waals surface area (Å²) in [6.45, 7) is 4.68. The van der Waals surface area contributed by atoms with Crippen molar-refractivity contribution in [3.63, 3.8) is 0 Å². The van der Waals surface area contributed by atoms with Crippen molar-refractivity contribution in [1.82, 2.24) is 0 Å². The first kappa shape index (κ1) is 27.0. The SMILES string of the molecule is Cc1cc(C2C3=CCC4C(=O)N(c5ccc(N6CCOCC6)cc5)C(=O)C4C3CC3=C2C(=O)C=C(Br)C3=O)ccc1O. The third kappa shape index (κ3) is 4.13. The van der Waals surface area contributed by atoms with E-state index in [9.17, 15) is 24.3 Å². The molecule has 2 aromatic carbocycles. The van der Waals surface area contributed by atoms with Crippen LogP contribution in [0.2, 0.25) is 0 Å². The van der Waals surface area contributed by atoms with Gasteiger partial charge in [-0.2, -0.15) is 0 Å². The number of ether oxygens (including phenoxy) is 1. The maximum absolute atomic E-state index is 14.1. The number of hydrogen-bond donors (Lipinski definition) is 1. The van der Waals surface area contributed by atoms with Crippen molar-refractivity contribution >= 4 is 50.7 Å². The second-order valence-electron chi connectivity index (χ2n) is 11.6. The quantitative estimate of drug-likeness (QED) is 0.303. The number of aromatic hydroxyl groups is 1. The van der Waals surface area contributed by atoms with Crippen LogP contribution in [0.3, 0.4) is 0 Å². The Labute approximate surface area is 251 Å². The fourth-order valence-electron chi connectivity index (χ4n) is 7.33. The third-order valence-electron chi connectivity index (χ3n) is 9.37. The Morgan fingerprint density at radius 2 is 1.64 bits per heavy atom. The van der Waals surface area contributed by atoms with E-state index in [1.54, 1.807) is 19.1 Å². The van der Waals surface area contributed by atoms with Crippen LogP contribution in [-0.4, -0.2) is 54.8 Å². The summed E-state index contributed by atoms with van der Waals surface area (Å²) in [5.74, 6) is -3.01. The van der Waals surface area contributed by atoms with E-state index in [0.29, 0.717) is 42.0 Å². The molecule has 0 spiro atoms. The van der Waals surface area contributed by atoms with Crippen molar-refractivity contribution in [3.05, 3.63) is 86.9 Å². The summed E-state index contributed by atoms with van der Waals surface area (Å²) in [4.78, 5) is 58.2.